The number of benzene rings is 1. The van der Waals surface area contributed by atoms with Crippen LogP contribution in [0.5, 0.6) is 5.75 Å². The Morgan fingerprint density at radius 1 is 1.21 bits per heavy atom. The molecule has 19 heavy (non-hydrogen) atoms. The third kappa shape index (κ3) is 2.79. The van der Waals surface area contributed by atoms with Crippen LogP contribution in [0.1, 0.15) is 36.0 Å². The molecule has 0 amide bonds. The average molecular weight is 260 g/mol. The first kappa shape index (κ1) is 13.6. The van der Waals surface area contributed by atoms with E-state index in [1.54, 1.807) is 7.11 Å². The van der Waals surface area contributed by atoms with E-state index in [-0.39, 0.29) is 6.04 Å². The third-order valence-corrected chi connectivity index (χ3v) is 3.34. The average Bonchev–Trinajstić information content (AvgIpc) is 2.76. The lowest BCUT2D eigenvalue weighted by Crippen LogP contribution is -2.17. The highest BCUT2D eigenvalue weighted by atomic mass is 16.5. The van der Waals surface area contributed by atoms with Crippen LogP contribution in [-0.2, 0) is 0 Å². The number of aromatic nitrogens is 2. The monoisotopic (exact) mass is 260 g/mol. The van der Waals surface area contributed by atoms with Gasteiger partial charge in [0, 0.05) is 5.69 Å². The predicted molar refractivity (Wildman–Crippen MR) is 74.4 cm³/mol. The van der Waals surface area contributed by atoms with Crippen molar-refractivity contribution in [3.05, 3.63) is 47.3 Å². The van der Waals surface area contributed by atoms with Crippen LogP contribution in [0.15, 0.2) is 30.3 Å². The number of aryl methyl sites for hydroxylation is 2. The molecule has 0 aliphatic rings. The van der Waals surface area contributed by atoms with Crippen molar-refractivity contribution in [3.63, 3.8) is 0 Å². The van der Waals surface area contributed by atoms with Gasteiger partial charge in [0.15, 0.2) is 0 Å². The Labute approximate surface area is 113 Å². The van der Waals surface area contributed by atoms with E-state index >= 15 is 0 Å². The van der Waals surface area contributed by atoms with Crippen molar-refractivity contribution in [3.8, 4) is 5.75 Å². The van der Waals surface area contributed by atoms with E-state index in [0.717, 1.165) is 22.7 Å². The molecule has 0 saturated carbocycles. The van der Waals surface area contributed by atoms with Crippen LogP contribution in [0.3, 0.4) is 0 Å². The lowest BCUT2D eigenvalue weighted by Gasteiger charge is -2.21. The van der Waals surface area contributed by atoms with Gasteiger partial charge in [0.05, 0.1) is 18.8 Å². The summed E-state index contributed by atoms with van der Waals surface area (Å²) < 4.78 is 6.98. The Balaban J connectivity index is 2.22. The molecule has 0 saturated heterocycles. The molecule has 1 aromatic heterocycles. The van der Waals surface area contributed by atoms with Gasteiger partial charge in [-0.25, -0.2) is 0 Å². The highest BCUT2D eigenvalue weighted by Gasteiger charge is 2.20. The summed E-state index contributed by atoms with van der Waals surface area (Å²) in [5, 5.41) is 14.9. The molecular weight excluding hydrogens is 240 g/mol. The van der Waals surface area contributed by atoms with Crippen molar-refractivity contribution in [2.45, 2.75) is 32.9 Å². The van der Waals surface area contributed by atoms with E-state index < -0.39 is 6.10 Å². The molecular formula is C15H20N2O2. The number of hydrogen-bond donors (Lipinski definition) is 1. The smallest absolute Gasteiger partial charge is 0.118 e. The van der Waals surface area contributed by atoms with Crippen LogP contribution >= 0.6 is 0 Å². The number of methoxy groups -OCH3 is 1. The molecule has 1 N–H and O–H groups in total. The molecule has 0 radical (unpaired) electrons. The molecule has 0 bridgehead atoms. The molecule has 0 spiro atoms. The van der Waals surface area contributed by atoms with Gasteiger partial charge >= 0.3 is 0 Å². The van der Waals surface area contributed by atoms with Gasteiger partial charge in [-0.05, 0) is 44.5 Å². The quantitative estimate of drug-likeness (QED) is 0.919. The summed E-state index contributed by atoms with van der Waals surface area (Å²) >= 11 is 0. The van der Waals surface area contributed by atoms with Gasteiger partial charge < -0.3 is 9.84 Å². The minimum absolute atomic E-state index is 0.109. The fourth-order valence-electron chi connectivity index (χ4n) is 2.27. The second kappa shape index (κ2) is 5.45. The number of nitrogens with zero attached hydrogens (tertiary/aromatic N) is 2. The van der Waals surface area contributed by atoms with Gasteiger partial charge in [0.1, 0.15) is 11.9 Å². The second-order valence-corrected chi connectivity index (χ2v) is 4.83. The summed E-state index contributed by atoms with van der Waals surface area (Å²) in [5.41, 5.74) is 2.88. The number of rotatable bonds is 4. The summed E-state index contributed by atoms with van der Waals surface area (Å²) in [5.74, 6) is 0.787. The summed E-state index contributed by atoms with van der Waals surface area (Å²) in [6.45, 7) is 5.92. The van der Waals surface area contributed by atoms with Crippen LogP contribution < -0.4 is 4.74 Å². The Morgan fingerprint density at radius 2 is 1.84 bits per heavy atom. The van der Waals surface area contributed by atoms with Crippen LogP contribution in [-0.4, -0.2) is 22.0 Å². The van der Waals surface area contributed by atoms with Crippen molar-refractivity contribution in [2.24, 2.45) is 0 Å². The van der Waals surface area contributed by atoms with E-state index in [1.807, 2.05) is 55.8 Å². The molecule has 2 aromatic rings. The van der Waals surface area contributed by atoms with Crippen LogP contribution in [0.4, 0.5) is 0 Å². The zero-order valence-electron chi connectivity index (χ0n) is 11.8. The molecule has 0 aliphatic heterocycles. The number of ether oxygens (including phenoxy) is 1. The van der Waals surface area contributed by atoms with Crippen LogP contribution in [0.2, 0.25) is 0 Å². The topological polar surface area (TPSA) is 47.3 Å². The van der Waals surface area contributed by atoms with Crippen molar-refractivity contribution in [2.75, 3.05) is 7.11 Å². The second-order valence-electron chi connectivity index (χ2n) is 4.83. The first-order valence-corrected chi connectivity index (χ1v) is 6.37. The molecule has 4 heteroatoms. The number of aliphatic hydroxyl groups is 1. The largest absolute Gasteiger partial charge is 0.497 e. The summed E-state index contributed by atoms with van der Waals surface area (Å²) in [6.07, 6.45) is -0.594. The van der Waals surface area contributed by atoms with Crippen LogP contribution in [0, 0.1) is 13.8 Å². The van der Waals surface area contributed by atoms with Gasteiger partial charge in [-0.1, -0.05) is 12.1 Å². The highest BCUT2D eigenvalue weighted by Crippen LogP contribution is 2.28. The molecule has 2 atom stereocenters. The molecule has 2 rings (SSSR count). The van der Waals surface area contributed by atoms with Gasteiger partial charge in [-0.15, -0.1) is 0 Å². The fraction of sp³-hybridized carbons (Fsp3) is 0.400. The van der Waals surface area contributed by atoms with Crippen molar-refractivity contribution < 1.29 is 9.84 Å². The van der Waals surface area contributed by atoms with E-state index in [1.165, 1.54) is 0 Å². The zero-order valence-corrected chi connectivity index (χ0v) is 11.8. The maximum absolute atomic E-state index is 10.4. The predicted octanol–water partition coefficient (Wildman–Crippen LogP) is 2.80. The van der Waals surface area contributed by atoms with Gasteiger partial charge in [-0.3, -0.25) is 4.68 Å². The minimum Gasteiger partial charge on any atom is -0.497 e. The third-order valence-electron chi connectivity index (χ3n) is 3.34. The van der Waals surface area contributed by atoms with Crippen LogP contribution in [0.25, 0.3) is 0 Å². The maximum Gasteiger partial charge on any atom is 0.118 e. The lowest BCUT2D eigenvalue weighted by molar-refractivity contribution is 0.114. The molecule has 102 valence electrons. The first-order chi connectivity index (χ1) is 9.02. The minimum atomic E-state index is -0.594. The SMILES string of the molecule is COc1ccc(C(O)C(C)n2nc(C)cc2C)cc1. The van der Waals surface area contributed by atoms with Gasteiger partial charge in [0.2, 0.25) is 0 Å². The molecule has 2 unspecified atom stereocenters. The fourth-order valence-corrected chi connectivity index (χ4v) is 2.27. The summed E-state index contributed by atoms with van der Waals surface area (Å²) in [6, 6.07) is 9.37. The molecule has 0 fully saturated rings. The normalized spacial score (nSPS) is 14.2. The highest BCUT2D eigenvalue weighted by molar-refractivity contribution is 5.29. The Bertz CT molecular complexity index is 546. The van der Waals surface area contributed by atoms with Crippen molar-refractivity contribution in [1.82, 2.24) is 9.78 Å². The molecule has 4 nitrogen and oxygen atoms in total. The molecule has 0 aliphatic carbocycles. The van der Waals surface area contributed by atoms with E-state index in [0.29, 0.717) is 0 Å². The Hall–Kier alpha value is -1.81. The lowest BCUT2D eigenvalue weighted by atomic mass is 10.0. The Kier molecular flexibility index (Phi) is 3.90. The van der Waals surface area contributed by atoms with E-state index in [2.05, 4.69) is 5.10 Å². The van der Waals surface area contributed by atoms with E-state index in [9.17, 15) is 5.11 Å². The van der Waals surface area contributed by atoms with Gasteiger partial charge in [-0.2, -0.15) is 5.10 Å². The van der Waals surface area contributed by atoms with Crippen molar-refractivity contribution in [1.29, 1.82) is 0 Å². The number of hydrogen-bond acceptors (Lipinski definition) is 3. The van der Waals surface area contributed by atoms with Crippen molar-refractivity contribution >= 4 is 0 Å². The summed E-state index contributed by atoms with van der Waals surface area (Å²) in [4.78, 5) is 0. The molecule has 1 heterocycles. The van der Waals surface area contributed by atoms with Gasteiger partial charge in [0.25, 0.3) is 0 Å². The standard InChI is InChI=1S/C15H20N2O2/c1-10-9-11(2)17(16-10)12(3)15(18)13-5-7-14(19-4)8-6-13/h5-9,12,15,18H,1-4H3. The van der Waals surface area contributed by atoms with E-state index in [4.69, 9.17) is 4.74 Å². The first-order valence-electron chi connectivity index (χ1n) is 6.37. The molecule has 1 aromatic carbocycles. The summed E-state index contributed by atoms with van der Waals surface area (Å²) in [7, 11) is 1.63. The zero-order chi connectivity index (χ0) is 14.0. The Morgan fingerprint density at radius 3 is 2.32 bits per heavy atom. The number of aliphatic hydroxyl groups excluding tert-OH is 1. The maximum atomic E-state index is 10.4.